The van der Waals surface area contributed by atoms with Crippen LogP contribution in [0.2, 0.25) is 0 Å². The number of amides is 1. The number of hydrogen-bond acceptors (Lipinski definition) is 2. The van der Waals surface area contributed by atoms with Crippen molar-refractivity contribution in [1.82, 2.24) is 5.32 Å². The first kappa shape index (κ1) is 14.9. The zero-order valence-corrected chi connectivity index (χ0v) is 10.6. The first-order chi connectivity index (χ1) is 8.41. The second kappa shape index (κ2) is 6.14. The first-order valence-corrected chi connectivity index (χ1v) is 5.58. The molecule has 88 valence electrons. The molecule has 1 amide bonds. The van der Waals surface area contributed by atoms with Crippen LogP contribution in [-0.4, -0.2) is 48.0 Å². The Kier molecular flexibility index (Phi) is 5.08. The van der Waals surface area contributed by atoms with Gasteiger partial charge >= 0.3 is 0 Å². The minimum atomic E-state index is -1.37. The quantitative estimate of drug-likeness (QED) is 0.733. The molecule has 0 aliphatic carbocycles. The molecule has 1 N–H and O–H groups in total. The van der Waals surface area contributed by atoms with Crippen LogP contribution >= 0.6 is 0 Å². The van der Waals surface area contributed by atoms with Crippen molar-refractivity contribution in [1.29, 1.82) is 0 Å². The number of carbonyl (C=O) groups is 1. The van der Waals surface area contributed by atoms with Crippen molar-refractivity contribution >= 4 is 29.4 Å². The molecule has 1 aromatic carbocycles. The number of nitrogens with one attached hydrogen (secondary N) is 1. The van der Waals surface area contributed by atoms with E-state index < -0.39 is 17.3 Å². The molecular weight excluding hydrogens is 223 g/mol. The fourth-order valence-corrected chi connectivity index (χ4v) is 1.76. The van der Waals surface area contributed by atoms with E-state index in [1.54, 1.807) is 0 Å². The molecule has 0 fully saturated rings. The summed E-state index contributed by atoms with van der Waals surface area (Å²) in [7, 11) is 19.4. The van der Waals surface area contributed by atoms with E-state index in [1.807, 2.05) is 30.3 Å². The van der Waals surface area contributed by atoms with Crippen LogP contribution in [0.4, 0.5) is 0 Å². The SMILES string of the molecule is [B]C(OC)C([B])(NC(C)=O)C([B])c1ccccc1. The zero-order valence-electron chi connectivity index (χ0n) is 10.6. The van der Waals surface area contributed by atoms with Crippen LogP contribution in [0.3, 0.4) is 0 Å². The van der Waals surface area contributed by atoms with Crippen LogP contribution in [0, 0.1) is 0 Å². The van der Waals surface area contributed by atoms with E-state index >= 15 is 0 Å². The lowest BCUT2D eigenvalue weighted by Gasteiger charge is -2.42. The van der Waals surface area contributed by atoms with E-state index in [0.717, 1.165) is 5.56 Å². The second-order valence-corrected chi connectivity index (χ2v) is 4.16. The standard InChI is InChI=1S/C12H14B3NO2/c1-8(17)16-12(15,11(14)18-2)10(13)9-6-4-3-5-7-9/h3-7,10-11H,1-2H3,(H,16,17). The monoisotopic (exact) mass is 237 g/mol. The molecule has 1 rings (SSSR count). The Labute approximate surface area is 112 Å². The van der Waals surface area contributed by atoms with Gasteiger partial charge in [-0.3, -0.25) is 4.79 Å². The van der Waals surface area contributed by atoms with Crippen molar-refractivity contribution in [3.05, 3.63) is 35.9 Å². The smallest absolute Gasteiger partial charge is 0.216 e. The highest BCUT2D eigenvalue weighted by Crippen LogP contribution is 2.26. The molecule has 0 spiro atoms. The average Bonchev–Trinajstić information content (AvgIpc) is 2.36. The Hall–Kier alpha value is -1.16. The maximum atomic E-state index is 11.3. The Balaban J connectivity index is 3.06. The third kappa shape index (κ3) is 3.19. The van der Waals surface area contributed by atoms with Crippen molar-refractivity contribution in [3.8, 4) is 0 Å². The minimum Gasteiger partial charge on any atom is -0.390 e. The van der Waals surface area contributed by atoms with Gasteiger partial charge in [-0.1, -0.05) is 35.9 Å². The molecule has 6 radical (unpaired) electrons. The van der Waals surface area contributed by atoms with Crippen molar-refractivity contribution in [2.75, 3.05) is 7.11 Å². The highest BCUT2D eigenvalue weighted by atomic mass is 16.5. The average molecular weight is 237 g/mol. The van der Waals surface area contributed by atoms with Crippen molar-refractivity contribution < 1.29 is 9.53 Å². The van der Waals surface area contributed by atoms with Gasteiger partial charge in [0.05, 0.1) is 7.85 Å². The summed E-state index contributed by atoms with van der Waals surface area (Å²) in [6, 6.07) is 8.25. The molecule has 18 heavy (non-hydrogen) atoms. The van der Waals surface area contributed by atoms with Crippen LogP contribution in [0.25, 0.3) is 0 Å². The van der Waals surface area contributed by atoms with E-state index in [9.17, 15) is 4.79 Å². The van der Waals surface area contributed by atoms with Gasteiger partial charge in [0.2, 0.25) is 5.91 Å². The van der Waals surface area contributed by atoms with E-state index in [0.29, 0.717) is 0 Å². The molecule has 0 saturated carbocycles. The van der Waals surface area contributed by atoms with Gasteiger partial charge in [0, 0.05) is 25.5 Å². The highest BCUT2D eigenvalue weighted by molar-refractivity contribution is 6.30. The summed E-state index contributed by atoms with van der Waals surface area (Å²) in [5, 5.41) is 2.57. The van der Waals surface area contributed by atoms with Crippen molar-refractivity contribution in [2.24, 2.45) is 0 Å². The Morgan fingerprint density at radius 1 is 1.33 bits per heavy atom. The van der Waals surface area contributed by atoms with E-state index in [2.05, 4.69) is 5.32 Å². The molecule has 0 aliphatic heterocycles. The molecule has 3 unspecified atom stereocenters. The maximum absolute atomic E-state index is 11.3. The first-order valence-electron chi connectivity index (χ1n) is 5.58. The van der Waals surface area contributed by atoms with Gasteiger partial charge in [0.15, 0.2) is 0 Å². The molecule has 0 aromatic heterocycles. The molecule has 0 heterocycles. The van der Waals surface area contributed by atoms with Crippen LogP contribution < -0.4 is 5.32 Å². The number of ether oxygens (including phenoxy) is 1. The molecular formula is C12H14B3NO2. The van der Waals surface area contributed by atoms with E-state index in [-0.39, 0.29) is 5.91 Å². The van der Waals surface area contributed by atoms with E-state index in [4.69, 9.17) is 28.3 Å². The summed E-state index contributed by atoms with van der Waals surface area (Å²) < 4.78 is 5.02. The maximum Gasteiger partial charge on any atom is 0.216 e. The second-order valence-electron chi connectivity index (χ2n) is 4.16. The van der Waals surface area contributed by atoms with Gasteiger partial charge in [-0.25, -0.2) is 0 Å². The number of carbonyl (C=O) groups excluding carboxylic acids is 1. The normalized spacial score (nSPS) is 17.4. The number of benzene rings is 1. The lowest BCUT2D eigenvalue weighted by molar-refractivity contribution is -0.120. The van der Waals surface area contributed by atoms with E-state index in [1.165, 1.54) is 14.0 Å². The lowest BCUT2D eigenvalue weighted by Crippen LogP contribution is -2.61. The predicted molar refractivity (Wildman–Crippen MR) is 73.8 cm³/mol. The van der Waals surface area contributed by atoms with Gasteiger partial charge in [-0.05, 0) is 5.82 Å². The Bertz CT molecular complexity index is 402. The van der Waals surface area contributed by atoms with Crippen LogP contribution in [-0.2, 0) is 9.53 Å². The predicted octanol–water partition coefficient (Wildman–Crippen LogP) is 0.0381. The van der Waals surface area contributed by atoms with Gasteiger partial charge in [0.1, 0.15) is 15.7 Å². The summed E-state index contributed by atoms with van der Waals surface area (Å²) >= 11 is 0. The summed E-state index contributed by atoms with van der Waals surface area (Å²) in [5.74, 6) is -1.01. The van der Waals surface area contributed by atoms with Crippen molar-refractivity contribution in [3.63, 3.8) is 0 Å². The molecule has 3 nitrogen and oxygen atoms in total. The fourth-order valence-electron chi connectivity index (χ4n) is 1.76. The summed E-state index contributed by atoms with van der Waals surface area (Å²) in [6.07, 6.45) is 0. The molecule has 3 atom stereocenters. The number of hydrogen-bond donors (Lipinski definition) is 1. The zero-order chi connectivity index (χ0) is 13.8. The largest absolute Gasteiger partial charge is 0.390 e. The highest BCUT2D eigenvalue weighted by Gasteiger charge is 2.36. The summed E-state index contributed by atoms with van der Waals surface area (Å²) in [6.45, 7) is 1.35. The number of rotatable bonds is 5. The van der Waals surface area contributed by atoms with Crippen LogP contribution in [0.1, 0.15) is 18.3 Å². The molecule has 6 heteroatoms. The third-order valence-corrected chi connectivity index (χ3v) is 2.79. The number of methoxy groups -OCH3 is 1. The topological polar surface area (TPSA) is 38.3 Å². The summed E-state index contributed by atoms with van der Waals surface area (Å²) in [4.78, 5) is 11.3. The van der Waals surface area contributed by atoms with Crippen LogP contribution in [0.15, 0.2) is 30.3 Å². The molecule has 0 aliphatic rings. The molecule has 0 saturated heterocycles. The fraction of sp³-hybridized carbons (Fsp3) is 0.417. The van der Waals surface area contributed by atoms with Gasteiger partial charge in [0.25, 0.3) is 0 Å². The molecule has 0 bridgehead atoms. The van der Waals surface area contributed by atoms with Gasteiger partial charge in [-0.2, -0.15) is 0 Å². The van der Waals surface area contributed by atoms with Crippen molar-refractivity contribution in [2.45, 2.75) is 24.2 Å². The lowest BCUT2D eigenvalue weighted by atomic mass is 9.51. The van der Waals surface area contributed by atoms with Gasteiger partial charge in [-0.15, -0.1) is 0 Å². The Morgan fingerprint density at radius 2 is 1.89 bits per heavy atom. The molecule has 1 aromatic rings. The summed E-state index contributed by atoms with van der Waals surface area (Å²) in [5.41, 5.74) is -0.608. The van der Waals surface area contributed by atoms with Gasteiger partial charge < -0.3 is 10.1 Å². The Morgan fingerprint density at radius 3 is 2.33 bits per heavy atom. The van der Waals surface area contributed by atoms with Crippen LogP contribution in [0.5, 0.6) is 0 Å². The minimum absolute atomic E-state index is 0.323. The third-order valence-electron chi connectivity index (χ3n) is 2.79.